The monoisotopic (exact) mass is 321 g/mol. The van der Waals surface area contributed by atoms with Crippen molar-refractivity contribution in [1.82, 2.24) is 15.0 Å². The van der Waals surface area contributed by atoms with Gasteiger partial charge in [-0.15, -0.1) is 0 Å². The Morgan fingerprint density at radius 2 is 1.67 bits per heavy atom. The zero-order valence-electron chi connectivity index (χ0n) is 12.9. The van der Waals surface area contributed by atoms with Crippen molar-refractivity contribution >= 4 is 23.2 Å². The number of rotatable bonds is 5. The molecule has 0 radical (unpaired) electrons. The fraction of sp³-hybridized carbons (Fsp3) is 0.0588. The van der Waals surface area contributed by atoms with Gasteiger partial charge in [0, 0.05) is 29.7 Å². The quantitative estimate of drug-likeness (QED) is 0.751. The molecule has 1 amide bonds. The van der Waals surface area contributed by atoms with E-state index in [0.29, 0.717) is 23.1 Å². The maximum atomic E-state index is 12.2. The number of nitrogens with zero attached hydrogens (tertiary/aromatic N) is 3. The summed E-state index contributed by atoms with van der Waals surface area (Å²) in [6, 6.07) is 12.2. The van der Waals surface area contributed by atoms with Gasteiger partial charge in [0.2, 0.25) is 11.8 Å². The number of carbonyl (C=O) groups excluding carboxylic acids is 1. The average Bonchev–Trinajstić information content (AvgIpc) is 2.64. The molecule has 0 aliphatic carbocycles. The zero-order valence-corrected chi connectivity index (χ0v) is 12.9. The van der Waals surface area contributed by atoms with Crippen LogP contribution < -0.4 is 15.4 Å². The van der Waals surface area contributed by atoms with Crippen LogP contribution in [0.15, 0.2) is 61.1 Å². The molecule has 2 N–H and O–H groups in total. The number of amides is 1. The number of aromatic nitrogens is 3. The van der Waals surface area contributed by atoms with Gasteiger partial charge in [-0.1, -0.05) is 0 Å². The SMILES string of the molecule is COc1ccc(NC(=O)c2ccc(Nc3ncccn3)cc2)cn1. The van der Waals surface area contributed by atoms with Crippen molar-refractivity contribution in [2.75, 3.05) is 17.7 Å². The molecule has 0 fully saturated rings. The molecule has 7 heteroatoms. The standard InChI is InChI=1S/C17H15N5O2/c1-24-15-8-7-14(11-20-15)21-16(23)12-3-5-13(6-4-12)22-17-18-9-2-10-19-17/h2-11H,1H3,(H,21,23)(H,18,19,22). The Balaban J connectivity index is 1.64. The number of hydrogen-bond acceptors (Lipinski definition) is 6. The Bertz CT molecular complexity index is 805. The van der Waals surface area contributed by atoms with E-state index < -0.39 is 0 Å². The molecule has 0 bridgehead atoms. The fourth-order valence-corrected chi connectivity index (χ4v) is 1.98. The number of hydrogen-bond donors (Lipinski definition) is 2. The minimum Gasteiger partial charge on any atom is -0.481 e. The van der Waals surface area contributed by atoms with Gasteiger partial charge in [-0.05, 0) is 36.4 Å². The van der Waals surface area contributed by atoms with Crippen molar-refractivity contribution in [3.63, 3.8) is 0 Å². The summed E-state index contributed by atoms with van der Waals surface area (Å²) in [4.78, 5) is 24.4. The summed E-state index contributed by atoms with van der Waals surface area (Å²) in [5, 5.41) is 5.83. The molecule has 1 aromatic carbocycles. The maximum Gasteiger partial charge on any atom is 0.255 e. The number of carbonyl (C=O) groups is 1. The Labute approximate surface area is 138 Å². The number of methoxy groups -OCH3 is 1. The van der Waals surface area contributed by atoms with E-state index in [0.717, 1.165) is 5.69 Å². The van der Waals surface area contributed by atoms with Crippen molar-refractivity contribution in [2.45, 2.75) is 0 Å². The van der Waals surface area contributed by atoms with E-state index in [1.807, 2.05) is 0 Å². The molecule has 0 aliphatic heterocycles. The second-order valence-electron chi connectivity index (χ2n) is 4.82. The Hall–Kier alpha value is -3.48. The smallest absolute Gasteiger partial charge is 0.255 e. The Kier molecular flexibility index (Phi) is 4.62. The van der Waals surface area contributed by atoms with Gasteiger partial charge in [-0.2, -0.15) is 0 Å². The van der Waals surface area contributed by atoms with Gasteiger partial charge in [0.15, 0.2) is 0 Å². The maximum absolute atomic E-state index is 12.2. The van der Waals surface area contributed by atoms with Crippen LogP contribution in [0, 0.1) is 0 Å². The van der Waals surface area contributed by atoms with Crippen LogP contribution in [0.1, 0.15) is 10.4 Å². The lowest BCUT2D eigenvalue weighted by molar-refractivity contribution is 0.102. The highest BCUT2D eigenvalue weighted by atomic mass is 16.5. The van der Waals surface area contributed by atoms with Gasteiger partial charge in [0.05, 0.1) is 19.0 Å². The summed E-state index contributed by atoms with van der Waals surface area (Å²) in [6.07, 6.45) is 4.85. The molecule has 0 saturated heterocycles. The van der Waals surface area contributed by atoms with Gasteiger partial charge in [-0.25, -0.2) is 15.0 Å². The van der Waals surface area contributed by atoms with Crippen molar-refractivity contribution in [2.24, 2.45) is 0 Å². The topological polar surface area (TPSA) is 89.0 Å². The fourth-order valence-electron chi connectivity index (χ4n) is 1.98. The van der Waals surface area contributed by atoms with Crippen molar-refractivity contribution in [1.29, 1.82) is 0 Å². The lowest BCUT2D eigenvalue weighted by Gasteiger charge is -2.07. The molecular weight excluding hydrogens is 306 g/mol. The van der Waals surface area contributed by atoms with Gasteiger partial charge >= 0.3 is 0 Å². The average molecular weight is 321 g/mol. The lowest BCUT2D eigenvalue weighted by Crippen LogP contribution is -2.12. The summed E-state index contributed by atoms with van der Waals surface area (Å²) < 4.78 is 4.98. The van der Waals surface area contributed by atoms with Gasteiger partial charge in [0.1, 0.15) is 0 Å². The Morgan fingerprint density at radius 3 is 2.29 bits per heavy atom. The molecule has 2 aromatic heterocycles. The molecule has 3 rings (SSSR count). The predicted octanol–water partition coefficient (Wildman–Crippen LogP) is 2.88. The first-order chi connectivity index (χ1) is 11.7. The van der Waals surface area contributed by atoms with E-state index in [1.54, 1.807) is 61.1 Å². The number of ether oxygens (including phenoxy) is 1. The highest BCUT2D eigenvalue weighted by Crippen LogP contribution is 2.16. The molecule has 0 unspecified atom stereocenters. The van der Waals surface area contributed by atoms with Crippen LogP contribution in [0.4, 0.5) is 17.3 Å². The lowest BCUT2D eigenvalue weighted by atomic mass is 10.2. The number of pyridine rings is 1. The van der Waals surface area contributed by atoms with E-state index in [4.69, 9.17) is 4.74 Å². The predicted molar refractivity (Wildman–Crippen MR) is 90.5 cm³/mol. The third-order valence-corrected chi connectivity index (χ3v) is 3.17. The van der Waals surface area contributed by atoms with Crippen LogP contribution in [-0.2, 0) is 0 Å². The number of benzene rings is 1. The van der Waals surface area contributed by atoms with Gasteiger partial charge in [0.25, 0.3) is 5.91 Å². The normalized spacial score (nSPS) is 10.0. The van der Waals surface area contributed by atoms with E-state index in [2.05, 4.69) is 25.6 Å². The van der Waals surface area contributed by atoms with Crippen molar-refractivity contribution in [3.05, 3.63) is 66.6 Å². The van der Waals surface area contributed by atoms with Crippen LogP contribution in [0.2, 0.25) is 0 Å². The highest BCUT2D eigenvalue weighted by molar-refractivity contribution is 6.04. The van der Waals surface area contributed by atoms with E-state index in [-0.39, 0.29) is 5.91 Å². The minimum atomic E-state index is -0.218. The highest BCUT2D eigenvalue weighted by Gasteiger charge is 2.07. The third kappa shape index (κ3) is 3.83. The largest absolute Gasteiger partial charge is 0.481 e. The summed E-state index contributed by atoms with van der Waals surface area (Å²) >= 11 is 0. The zero-order chi connectivity index (χ0) is 16.8. The summed E-state index contributed by atoms with van der Waals surface area (Å²) in [7, 11) is 1.54. The van der Waals surface area contributed by atoms with E-state index in [1.165, 1.54) is 7.11 Å². The molecule has 7 nitrogen and oxygen atoms in total. The first kappa shape index (κ1) is 15.4. The van der Waals surface area contributed by atoms with Crippen LogP contribution in [0.5, 0.6) is 5.88 Å². The second-order valence-corrected chi connectivity index (χ2v) is 4.82. The number of anilines is 3. The summed E-state index contributed by atoms with van der Waals surface area (Å²) in [6.45, 7) is 0. The van der Waals surface area contributed by atoms with Gasteiger partial charge in [-0.3, -0.25) is 4.79 Å². The van der Waals surface area contributed by atoms with Crippen molar-refractivity contribution < 1.29 is 9.53 Å². The molecule has 0 atom stereocenters. The molecular formula is C17H15N5O2. The molecule has 0 spiro atoms. The molecule has 120 valence electrons. The van der Waals surface area contributed by atoms with Gasteiger partial charge < -0.3 is 15.4 Å². The van der Waals surface area contributed by atoms with E-state index in [9.17, 15) is 4.79 Å². The molecule has 0 saturated carbocycles. The van der Waals surface area contributed by atoms with Crippen LogP contribution in [-0.4, -0.2) is 28.0 Å². The third-order valence-electron chi connectivity index (χ3n) is 3.17. The minimum absolute atomic E-state index is 0.218. The second kappa shape index (κ2) is 7.19. The van der Waals surface area contributed by atoms with Crippen molar-refractivity contribution in [3.8, 4) is 5.88 Å². The van der Waals surface area contributed by atoms with Crippen LogP contribution in [0.25, 0.3) is 0 Å². The molecule has 24 heavy (non-hydrogen) atoms. The molecule has 2 heterocycles. The Morgan fingerprint density at radius 1 is 0.958 bits per heavy atom. The number of nitrogens with one attached hydrogen (secondary N) is 2. The molecule has 3 aromatic rings. The first-order valence-corrected chi connectivity index (χ1v) is 7.20. The van der Waals surface area contributed by atoms with Crippen LogP contribution in [0.3, 0.4) is 0 Å². The van der Waals surface area contributed by atoms with Crippen LogP contribution >= 0.6 is 0 Å². The van der Waals surface area contributed by atoms with E-state index >= 15 is 0 Å². The summed E-state index contributed by atoms with van der Waals surface area (Å²) in [5.41, 5.74) is 1.93. The summed E-state index contributed by atoms with van der Waals surface area (Å²) in [5.74, 6) is 0.773. The molecule has 0 aliphatic rings. The first-order valence-electron chi connectivity index (χ1n) is 7.20.